The number of nitrogens with one attached hydrogen (secondary N) is 1. The molecule has 0 radical (unpaired) electrons. The van der Waals surface area contributed by atoms with Crippen LogP contribution in [-0.4, -0.2) is 56.0 Å². The molecule has 1 aliphatic heterocycles. The van der Waals surface area contributed by atoms with Crippen molar-refractivity contribution in [3.63, 3.8) is 0 Å². The summed E-state index contributed by atoms with van der Waals surface area (Å²) in [5.41, 5.74) is 0.0835. The summed E-state index contributed by atoms with van der Waals surface area (Å²) in [6, 6.07) is 0.482. The monoisotopic (exact) mass is 276 g/mol. The van der Waals surface area contributed by atoms with Crippen molar-refractivity contribution in [3.05, 3.63) is 0 Å². The Morgan fingerprint density at radius 3 is 2.56 bits per heavy atom. The standard InChI is InChI=1S/C13H28N2O2S/c1-5-7-12-10-14-13(3,4)11-15(12)8-9-18(16,17)6-2/h12,14H,5-11H2,1-4H3. The normalized spacial score (nSPS) is 25.2. The highest BCUT2D eigenvalue weighted by Crippen LogP contribution is 2.18. The molecule has 1 fully saturated rings. The van der Waals surface area contributed by atoms with Crippen LogP contribution in [0.4, 0.5) is 0 Å². The summed E-state index contributed by atoms with van der Waals surface area (Å²) in [7, 11) is -2.86. The van der Waals surface area contributed by atoms with Crippen LogP contribution in [0.2, 0.25) is 0 Å². The van der Waals surface area contributed by atoms with E-state index in [2.05, 4.69) is 31.0 Å². The first-order valence-corrected chi connectivity index (χ1v) is 8.81. The van der Waals surface area contributed by atoms with Crippen LogP contribution >= 0.6 is 0 Å². The van der Waals surface area contributed by atoms with E-state index >= 15 is 0 Å². The molecule has 0 aromatic rings. The fourth-order valence-corrected chi connectivity index (χ4v) is 3.30. The zero-order chi connectivity index (χ0) is 13.8. The average molecular weight is 276 g/mol. The highest BCUT2D eigenvalue weighted by Gasteiger charge is 2.32. The van der Waals surface area contributed by atoms with Crippen molar-refractivity contribution >= 4 is 9.84 Å². The molecular formula is C13H28N2O2S. The lowest BCUT2D eigenvalue weighted by molar-refractivity contribution is 0.0958. The van der Waals surface area contributed by atoms with E-state index in [1.807, 2.05) is 0 Å². The maximum Gasteiger partial charge on any atom is 0.151 e. The Morgan fingerprint density at radius 1 is 1.33 bits per heavy atom. The van der Waals surface area contributed by atoms with Gasteiger partial charge in [0.25, 0.3) is 0 Å². The van der Waals surface area contributed by atoms with Crippen LogP contribution in [0.1, 0.15) is 40.5 Å². The molecule has 1 saturated heterocycles. The number of rotatable bonds is 6. The van der Waals surface area contributed by atoms with Gasteiger partial charge in [-0.3, -0.25) is 4.90 Å². The zero-order valence-corrected chi connectivity index (χ0v) is 13.0. The van der Waals surface area contributed by atoms with E-state index in [0.717, 1.165) is 25.9 Å². The first-order chi connectivity index (χ1) is 8.29. The zero-order valence-electron chi connectivity index (χ0n) is 12.2. The lowest BCUT2D eigenvalue weighted by Crippen LogP contribution is -2.62. The third-order valence-electron chi connectivity index (χ3n) is 3.68. The van der Waals surface area contributed by atoms with Gasteiger partial charge in [-0.05, 0) is 20.3 Å². The molecule has 1 aliphatic rings. The minimum absolute atomic E-state index is 0.0835. The molecule has 1 N–H and O–H groups in total. The molecule has 1 heterocycles. The van der Waals surface area contributed by atoms with Crippen LogP contribution in [0, 0.1) is 0 Å². The molecule has 0 amide bonds. The van der Waals surface area contributed by atoms with Crippen LogP contribution in [0.5, 0.6) is 0 Å². The Balaban J connectivity index is 2.61. The number of hydrogen-bond acceptors (Lipinski definition) is 4. The van der Waals surface area contributed by atoms with E-state index in [0.29, 0.717) is 18.3 Å². The van der Waals surface area contributed by atoms with Crippen LogP contribution < -0.4 is 5.32 Å². The van der Waals surface area contributed by atoms with Crippen molar-refractivity contribution < 1.29 is 8.42 Å². The van der Waals surface area contributed by atoms with E-state index in [9.17, 15) is 8.42 Å². The summed E-state index contributed by atoms with van der Waals surface area (Å²) in [6.07, 6.45) is 2.28. The van der Waals surface area contributed by atoms with E-state index in [-0.39, 0.29) is 11.3 Å². The number of hydrogen-bond donors (Lipinski definition) is 1. The summed E-state index contributed by atoms with van der Waals surface area (Å²) < 4.78 is 23.3. The molecule has 0 aromatic heterocycles. The van der Waals surface area contributed by atoms with Crippen LogP contribution in [0.25, 0.3) is 0 Å². The first kappa shape index (κ1) is 15.9. The van der Waals surface area contributed by atoms with Crippen LogP contribution in [-0.2, 0) is 9.84 Å². The van der Waals surface area contributed by atoms with E-state index in [1.54, 1.807) is 6.92 Å². The molecule has 0 aromatic carbocycles. The Bertz CT molecular complexity index is 352. The second kappa shape index (κ2) is 6.35. The highest BCUT2D eigenvalue weighted by atomic mass is 32.2. The summed E-state index contributed by atoms with van der Waals surface area (Å²) in [5, 5.41) is 3.54. The van der Waals surface area contributed by atoms with Crippen LogP contribution in [0.15, 0.2) is 0 Å². The van der Waals surface area contributed by atoms with Gasteiger partial charge in [-0.25, -0.2) is 8.42 Å². The van der Waals surface area contributed by atoms with Gasteiger partial charge in [0.05, 0.1) is 5.75 Å². The van der Waals surface area contributed by atoms with Gasteiger partial charge in [-0.1, -0.05) is 20.3 Å². The van der Waals surface area contributed by atoms with Gasteiger partial charge in [-0.15, -0.1) is 0 Å². The molecule has 1 rings (SSSR count). The fraction of sp³-hybridized carbons (Fsp3) is 1.00. The minimum Gasteiger partial charge on any atom is -0.309 e. The van der Waals surface area contributed by atoms with E-state index in [1.165, 1.54) is 0 Å². The molecule has 18 heavy (non-hydrogen) atoms. The van der Waals surface area contributed by atoms with Crippen molar-refractivity contribution in [2.45, 2.75) is 52.1 Å². The Kier molecular flexibility index (Phi) is 5.62. The largest absolute Gasteiger partial charge is 0.309 e. The molecule has 1 atom stereocenters. The van der Waals surface area contributed by atoms with Gasteiger partial charge >= 0.3 is 0 Å². The van der Waals surface area contributed by atoms with Gasteiger partial charge in [-0.2, -0.15) is 0 Å². The predicted octanol–water partition coefficient (Wildman–Crippen LogP) is 1.27. The Morgan fingerprint density at radius 2 is 2.00 bits per heavy atom. The van der Waals surface area contributed by atoms with Crippen molar-refractivity contribution in [1.29, 1.82) is 0 Å². The van der Waals surface area contributed by atoms with Gasteiger partial charge < -0.3 is 5.32 Å². The third kappa shape index (κ3) is 4.86. The Hall–Kier alpha value is -0.130. The molecule has 0 saturated carbocycles. The van der Waals surface area contributed by atoms with E-state index in [4.69, 9.17) is 0 Å². The minimum atomic E-state index is -2.86. The number of sulfone groups is 1. The third-order valence-corrected chi connectivity index (χ3v) is 5.37. The van der Waals surface area contributed by atoms with Gasteiger partial charge in [0.1, 0.15) is 0 Å². The molecule has 1 unspecified atom stereocenters. The SMILES string of the molecule is CCCC1CNC(C)(C)CN1CCS(=O)(=O)CC. The van der Waals surface area contributed by atoms with Crippen molar-refractivity contribution in [2.24, 2.45) is 0 Å². The van der Waals surface area contributed by atoms with Crippen LogP contribution in [0.3, 0.4) is 0 Å². The lowest BCUT2D eigenvalue weighted by atomic mass is 9.97. The highest BCUT2D eigenvalue weighted by molar-refractivity contribution is 7.91. The fourth-order valence-electron chi connectivity index (χ4n) is 2.50. The summed E-state index contributed by atoms with van der Waals surface area (Å²) in [4.78, 5) is 2.35. The van der Waals surface area contributed by atoms with Gasteiger partial charge in [0, 0.05) is 37.0 Å². The number of piperazine rings is 1. The summed E-state index contributed by atoms with van der Waals surface area (Å²) in [6.45, 7) is 10.8. The summed E-state index contributed by atoms with van der Waals surface area (Å²) >= 11 is 0. The molecule has 0 bridgehead atoms. The molecule has 108 valence electrons. The average Bonchev–Trinajstić information content (AvgIpc) is 2.29. The second-order valence-corrected chi connectivity index (χ2v) is 8.39. The Labute approximate surface area is 112 Å². The topological polar surface area (TPSA) is 49.4 Å². The maximum atomic E-state index is 11.6. The smallest absolute Gasteiger partial charge is 0.151 e. The molecule has 4 nitrogen and oxygen atoms in total. The van der Waals surface area contributed by atoms with Crippen molar-refractivity contribution in [3.8, 4) is 0 Å². The number of nitrogens with zero attached hydrogens (tertiary/aromatic N) is 1. The van der Waals surface area contributed by atoms with Crippen molar-refractivity contribution in [1.82, 2.24) is 10.2 Å². The quantitative estimate of drug-likeness (QED) is 0.794. The van der Waals surface area contributed by atoms with E-state index < -0.39 is 9.84 Å². The first-order valence-electron chi connectivity index (χ1n) is 6.99. The molecular weight excluding hydrogens is 248 g/mol. The second-order valence-electron chi connectivity index (χ2n) is 5.91. The van der Waals surface area contributed by atoms with Gasteiger partial charge in [0.15, 0.2) is 9.84 Å². The molecule has 0 spiro atoms. The lowest BCUT2D eigenvalue weighted by Gasteiger charge is -2.44. The van der Waals surface area contributed by atoms with Gasteiger partial charge in [0.2, 0.25) is 0 Å². The maximum absolute atomic E-state index is 11.6. The predicted molar refractivity (Wildman–Crippen MR) is 76.7 cm³/mol. The van der Waals surface area contributed by atoms with Crippen molar-refractivity contribution in [2.75, 3.05) is 31.1 Å². The molecule has 5 heteroatoms. The summed E-state index contributed by atoms with van der Waals surface area (Å²) in [5.74, 6) is 0.542. The molecule has 0 aliphatic carbocycles.